The van der Waals surface area contributed by atoms with Crippen LogP contribution in [0, 0.1) is 6.92 Å². The van der Waals surface area contributed by atoms with Crippen LogP contribution in [0.15, 0.2) is 28.7 Å². The Morgan fingerprint density at radius 3 is 3.12 bits per heavy atom. The normalized spacial score (nSPS) is 13.3. The van der Waals surface area contributed by atoms with Crippen molar-refractivity contribution in [3.05, 3.63) is 39.2 Å². The molecule has 3 nitrogen and oxygen atoms in total. The van der Waals surface area contributed by atoms with Gasteiger partial charge in [-0.2, -0.15) is 0 Å². The van der Waals surface area contributed by atoms with Gasteiger partial charge in [-0.25, -0.2) is 0 Å². The first kappa shape index (κ1) is 9.54. The monoisotopic (exact) mass is 229 g/mol. The van der Waals surface area contributed by atoms with E-state index >= 15 is 0 Å². The SMILES string of the molecule is Cc1ccc(-c2csc3c2=CNCN=3)nc1. The standard InChI is InChI=1S/C12H11N3S/c1-8-2-3-11(14-4-8)10-6-16-12-9(10)5-13-7-15-12/h2-6,13H,7H2,1H3. The van der Waals surface area contributed by atoms with Crippen molar-refractivity contribution in [3.63, 3.8) is 0 Å². The summed E-state index contributed by atoms with van der Waals surface area (Å²) in [5.74, 6) is 0. The van der Waals surface area contributed by atoms with Crippen LogP contribution in [0.5, 0.6) is 0 Å². The van der Waals surface area contributed by atoms with Gasteiger partial charge in [0.15, 0.2) is 0 Å². The van der Waals surface area contributed by atoms with Gasteiger partial charge in [0.25, 0.3) is 0 Å². The zero-order valence-corrected chi connectivity index (χ0v) is 9.71. The lowest BCUT2D eigenvalue weighted by Crippen LogP contribution is -2.30. The fourth-order valence-electron chi connectivity index (χ4n) is 1.71. The van der Waals surface area contributed by atoms with E-state index in [9.17, 15) is 0 Å². The second-order valence-electron chi connectivity index (χ2n) is 3.75. The summed E-state index contributed by atoms with van der Waals surface area (Å²) in [5.41, 5.74) is 3.36. The van der Waals surface area contributed by atoms with E-state index in [-0.39, 0.29) is 0 Å². The van der Waals surface area contributed by atoms with Gasteiger partial charge >= 0.3 is 0 Å². The Hall–Kier alpha value is -1.68. The predicted molar refractivity (Wildman–Crippen MR) is 65.5 cm³/mol. The maximum Gasteiger partial charge on any atom is 0.122 e. The lowest BCUT2D eigenvalue weighted by atomic mass is 10.1. The second-order valence-corrected chi connectivity index (χ2v) is 4.61. The molecule has 0 saturated carbocycles. The zero-order chi connectivity index (χ0) is 11.0. The van der Waals surface area contributed by atoms with Crippen LogP contribution in [0.3, 0.4) is 0 Å². The van der Waals surface area contributed by atoms with Crippen LogP contribution in [0.25, 0.3) is 17.5 Å². The first-order valence-corrected chi connectivity index (χ1v) is 6.01. The molecule has 0 unspecified atom stereocenters. The Bertz CT molecular complexity index is 625. The van der Waals surface area contributed by atoms with Crippen molar-refractivity contribution < 1.29 is 0 Å². The third-order valence-electron chi connectivity index (χ3n) is 2.56. The van der Waals surface area contributed by atoms with Gasteiger partial charge in [0.1, 0.15) is 11.3 Å². The molecule has 2 aromatic heterocycles. The summed E-state index contributed by atoms with van der Waals surface area (Å²) in [5, 5.41) is 6.42. The number of fused-ring (bicyclic) bond motifs is 1. The van der Waals surface area contributed by atoms with E-state index < -0.39 is 0 Å². The molecule has 0 atom stereocenters. The molecule has 0 spiro atoms. The van der Waals surface area contributed by atoms with E-state index in [1.165, 1.54) is 5.56 Å². The fraction of sp³-hybridized carbons (Fsp3) is 0.167. The van der Waals surface area contributed by atoms with Crippen molar-refractivity contribution in [2.45, 2.75) is 6.92 Å². The summed E-state index contributed by atoms with van der Waals surface area (Å²) in [4.78, 5) is 8.85. The number of hydrogen-bond acceptors (Lipinski definition) is 4. The molecule has 0 amide bonds. The van der Waals surface area contributed by atoms with Gasteiger partial charge in [-0.3, -0.25) is 9.98 Å². The summed E-state index contributed by atoms with van der Waals surface area (Å²) in [6.07, 6.45) is 3.92. The average molecular weight is 229 g/mol. The average Bonchev–Trinajstić information content (AvgIpc) is 2.74. The molecule has 16 heavy (non-hydrogen) atoms. The number of nitrogens with one attached hydrogen (secondary N) is 1. The Balaban J connectivity index is 2.22. The van der Waals surface area contributed by atoms with Crippen molar-refractivity contribution in [2.75, 3.05) is 6.67 Å². The number of rotatable bonds is 1. The molecule has 1 aliphatic rings. The van der Waals surface area contributed by atoms with Crippen LogP contribution >= 0.6 is 11.3 Å². The number of nitrogens with zero attached hydrogens (tertiary/aromatic N) is 2. The minimum atomic E-state index is 0.675. The highest BCUT2D eigenvalue weighted by Gasteiger charge is 2.06. The number of aryl methyl sites for hydroxylation is 1. The molecule has 3 rings (SSSR count). The van der Waals surface area contributed by atoms with E-state index in [2.05, 4.69) is 32.8 Å². The highest BCUT2D eigenvalue weighted by atomic mass is 32.1. The van der Waals surface area contributed by atoms with Crippen molar-refractivity contribution in [1.82, 2.24) is 10.3 Å². The molecule has 0 saturated heterocycles. The third kappa shape index (κ3) is 1.51. The third-order valence-corrected chi connectivity index (χ3v) is 3.48. The van der Waals surface area contributed by atoms with Gasteiger partial charge in [0.2, 0.25) is 0 Å². The topological polar surface area (TPSA) is 37.3 Å². The minimum absolute atomic E-state index is 0.675. The molecular formula is C12H11N3S. The molecule has 1 aliphatic heterocycles. The maximum atomic E-state index is 4.45. The molecule has 0 fully saturated rings. The summed E-state index contributed by atoms with van der Waals surface area (Å²) >= 11 is 1.67. The van der Waals surface area contributed by atoms with Crippen molar-refractivity contribution in [1.29, 1.82) is 0 Å². The Morgan fingerprint density at radius 1 is 1.38 bits per heavy atom. The Kier molecular flexibility index (Phi) is 2.22. The first-order chi connectivity index (χ1) is 7.84. The van der Waals surface area contributed by atoms with E-state index in [0.717, 1.165) is 21.1 Å². The molecule has 80 valence electrons. The van der Waals surface area contributed by atoms with E-state index in [0.29, 0.717) is 6.67 Å². The Morgan fingerprint density at radius 2 is 2.31 bits per heavy atom. The summed E-state index contributed by atoms with van der Waals surface area (Å²) < 4.78 is 1.09. The van der Waals surface area contributed by atoms with Gasteiger partial charge in [0, 0.05) is 28.6 Å². The van der Waals surface area contributed by atoms with Crippen LogP contribution in [-0.4, -0.2) is 11.7 Å². The van der Waals surface area contributed by atoms with Gasteiger partial charge in [0.05, 0.1) is 5.69 Å². The Labute approximate surface area is 97.2 Å². The van der Waals surface area contributed by atoms with Crippen LogP contribution < -0.4 is 15.2 Å². The highest BCUT2D eigenvalue weighted by molar-refractivity contribution is 7.07. The molecule has 3 heterocycles. The van der Waals surface area contributed by atoms with E-state index in [1.807, 2.05) is 19.3 Å². The molecule has 2 aromatic rings. The number of pyridine rings is 1. The molecule has 1 N–H and O–H groups in total. The van der Waals surface area contributed by atoms with Crippen LogP contribution in [-0.2, 0) is 0 Å². The lowest BCUT2D eigenvalue weighted by Gasteiger charge is -2.01. The molecule has 0 bridgehead atoms. The van der Waals surface area contributed by atoms with Crippen molar-refractivity contribution in [3.8, 4) is 11.3 Å². The summed E-state index contributed by atoms with van der Waals surface area (Å²) in [7, 11) is 0. The molecule has 0 aliphatic carbocycles. The summed E-state index contributed by atoms with van der Waals surface area (Å²) in [6, 6.07) is 4.14. The predicted octanol–water partition coefficient (Wildman–Crippen LogP) is 1.04. The van der Waals surface area contributed by atoms with Crippen molar-refractivity contribution in [2.24, 2.45) is 4.99 Å². The largest absolute Gasteiger partial charge is 0.372 e. The van der Waals surface area contributed by atoms with E-state index in [1.54, 1.807) is 11.3 Å². The van der Waals surface area contributed by atoms with Crippen LogP contribution in [0.1, 0.15) is 5.56 Å². The molecule has 0 aromatic carbocycles. The van der Waals surface area contributed by atoms with Gasteiger partial charge in [-0.15, -0.1) is 11.3 Å². The number of thiophene rings is 1. The van der Waals surface area contributed by atoms with Gasteiger partial charge < -0.3 is 5.32 Å². The highest BCUT2D eigenvalue weighted by Crippen LogP contribution is 2.13. The quantitative estimate of drug-likeness (QED) is 0.793. The zero-order valence-electron chi connectivity index (χ0n) is 8.90. The fourth-order valence-corrected chi connectivity index (χ4v) is 2.62. The van der Waals surface area contributed by atoms with Gasteiger partial charge in [-0.05, 0) is 18.6 Å². The van der Waals surface area contributed by atoms with Crippen molar-refractivity contribution >= 4 is 17.5 Å². The molecular weight excluding hydrogens is 218 g/mol. The summed E-state index contributed by atoms with van der Waals surface area (Å²) in [6.45, 7) is 2.72. The van der Waals surface area contributed by atoms with Gasteiger partial charge in [-0.1, -0.05) is 6.07 Å². The van der Waals surface area contributed by atoms with E-state index in [4.69, 9.17) is 0 Å². The minimum Gasteiger partial charge on any atom is -0.372 e. The lowest BCUT2D eigenvalue weighted by molar-refractivity contribution is 0.879. The number of aromatic nitrogens is 1. The second kappa shape index (κ2) is 3.72. The van der Waals surface area contributed by atoms with Crippen LogP contribution in [0.2, 0.25) is 0 Å². The molecule has 4 heteroatoms. The maximum absolute atomic E-state index is 4.45. The molecule has 0 radical (unpaired) electrons. The smallest absolute Gasteiger partial charge is 0.122 e. The first-order valence-electron chi connectivity index (χ1n) is 5.13. The van der Waals surface area contributed by atoms with Crippen LogP contribution in [0.4, 0.5) is 0 Å². The number of hydrogen-bond donors (Lipinski definition) is 1.